The molecule has 3 fully saturated rings. The molecule has 0 bridgehead atoms. The van der Waals surface area contributed by atoms with E-state index in [-0.39, 0.29) is 5.41 Å². The molecule has 0 N–H and O–H groups in total. The van der Waals surface area contributed by atoms with Crippen LogP contribution in [-0.2, 0) is 14.9 Å². The summed E-state index contributed by atoms with van der Waals surface area (Å²) in [4.78, 5) is 18.6. The summed E-state index contributed by atoms with van der Waals surface area (Å²) in [5.41, 5.74) is 0.836. The summed E-state index contributed by atoms with van der Waals surface area (Å²) in [6.45, 7) is 9.35. The van der Waals surface area contributed by atoms with Crippen LogP contribution in [0.2, 0.25) is 0 Å². The van der Waals surface area contributed by atoms with Crippen LogP contribution >= 0.6 is 0 Å². The van der Waals surface area contributed by atoms with Crippen molar-refractivity contribution in [3.8, 4) is 5.75 Å². The summed E-state index contributed by atoms with van der Waals surface area (Å²) in [7, 11) is 1.69. The van der Waals surface area contributed by atoms with Crippen LogP contribution in [0.15, 0.2) is 24.3 Å². The van der Waals surface area contributed by atoms with E-state index >= 15 is 0 Å². The number of nitrogens with zero attached hydrogens (tertiary/aromatic N) is 2. The number of carbonyl (C=O) groups is 1. The zero-order valence-electron chi connectivity index (χ0n) is 19.6. The number of amides is 1. The Morgan fingerprint density at radius 1 is 1.03 bits per heavy atom. The van der Waals surface area contributed by atoms with Gasteiger partial charge in [0.05, 0.1) is 24.7 Å². The van der Waals surface area contributed by atoms with Gasteiger partial charge in [0, 0.05) is 32.7 Å². The van der Waals surface area contributed by atoms with Gasteiger partial charge in [0.25, 0.3) is 0 Å². The first-order valence-electron chi connectivity index (χ1n) is 12.3. The number of ether oxygens (including phenoxy) is 2. The molecule has 31 heavy (non-hydrogen) atoms. The van der Waals surface area contributed by atoms with Gasteiger partial charge in [-0.05, 0) is 63.1 Å². The number of carbonyl (C=O) groups excluding carboxylic acids is 1. The second-order valence-electron chi connectivity index (χ2n) is 10.1. The SMILES string of the molecule is COc1ccc(C2(C(=O)N3CCC(CN4CC(C)OC(C)C4)CC3)CCCCC2)cc1. The topological polar surface area (TPSA) is 42.0 Å². The number of piperidine rings is 1. The van der Waals surface area contributed by atoms with E-state index in [0.29, 0.717) is 24.0 Å². The van der Waals surface area contributed by atoms with Crippen molar-refractivity contribution in [2.45, 2.75) is 76.4 Å². The number of morpholine rings is 1. The van der Waals surface area contributed by atoms with Crippen LogP contribution in [-0.4, -0.2) is 67.7 Å². The fourth-order valence-electron chi connectivity index (χ4n) is 6.11. The number of rotatable bonds is 5. The molecule has 3 aliphatic rings. The van der Waals surface area contributed by atoms with Gasteiger partial charge >= 0.3 is 0 Å². The molecule has 2 atom stereocenters. The average molecular weight is 429 g/mol. The molecule has 2 saturated heterocycles. The Labute approximate surface area is 188 Å². The minimum atomic E-state index is -0.341. The predicted octanol–water partition coefficient (Wildman–Crippen LogP) is 4.24. The Balaban J connectivity index is 1.39. The van der Waals surface area contributed by atoms with E-state index in [1.165, 1.54) is 12.0 Å². The highest BCUT2D eigenvalue weighted by atomic mass is 16.5. The standard InChI is InChI=1S/C26H40N2O3/c1-20-17-27(18-21(2)31-20)19-22-11-15-28(16-12-22)25(29)26(13-5-4-6-14-26)23-7-9-24(30-3)10-8-23/h7-10,20-22H,4-6,11-19H2,1-3H3. The summed E-state index contributed by atoms with van der Waals surface area (Å²) in [6.07, 6.45) is 8.34. The van der Waals surface area contributed by atoms with Crippen molar-refractivity contribution in [2.24, 2.45) is 5.92 Å². The Morgan fingerprint density at radius 2 is 1.65 bits per heavy atom. The van der Waals surface area contributed by atoms with Crippen LogP contribution < -0.4 is 4.74 Å². The van der Waals surface area contributed by atoms with Gasteiger partial charge in [-0.2, -0.15) is 0 Å². The third-order valence-corrected chi connectivity index (χ3v) is 7.67. The smallest absolute Gasteiger partial charge is 0.233 e. The number of hydrogen-bond donors (Lipinski definition) is 0. The molecule has 2 heterocycles. The molecule has 1 amide bonds. The molecule has 1 saturated carbocycles. The Hall–Kier alpha value is -1.59. The van der Waals surface area contributed by atoms with E-state index < -0.39 is 0 Å². The lowest BCUT2D eigenvalue weighted by Crippen LogP contribution is -2.52. The van der Waals surface area contributed by atoms with Crippen molar-refractivity contribution >= 4 is 5.91 Å². The van der Waals surface area contributed by atoms with E-state index in [9.17, 15) is 4.79 Å². The monoisotopic (exact) mass is 428 g/mol. The van der Waals surface area contributed by atoms with Gasteiger partial charge in [-0.3, -0.25) is 9.69 Å². The fourth-order valence-corrected chi connectivity index (χ4v) is 6.11. The third kappa shape index (κ3) is 5.09. The maximum absolute atomic E-state index is 13.9. The quantitative estimate of drug-likeness (QED) is 0.703. The molecule has 5 heteroatoms. The second-order valence-corrected chi connectivity index (χ2v) is 10.1. The summed E-state index contributed by atoms with van der Waals surface area (Å²) < 4.78 is 11.2. The van der Waals surface area contributed by atoms with E-state index in [4.69, 9.17) is 9.47 Å². The molecule has 0 aromatic heterocycles. The molecule has 172 valence electrons. The maximum atomic E-state index is 13.9. The molecule has 1 aliphatic carbocycles. The molecule has 5 nitrogen and oxygen atoms in total. The van der Waals surface area contributed by atoms with Gasteiger partial charge in [0.15, 0.2) is 0 Å². The average Bonchev–Trinajstić information content (AvgIpc) is 2.79. The van der Waals surface area contributed by atoms with Crippen molar-refractivity contribution in [3.63, 3.8) is 0 Å². The summed E-state index contributed by atoms with van der Waals surface area (Å²) >= 11 is 0. The lowest BCUT2D eigenvalue weighted by molar-refractivity contribution is -0.140. The number of benzene rings is 1. The molecule has 1 aromatic carbocycles. The molecule has 0 spiro atoms. The number of likely N-dealkylation sites (tertiary alicyclic amines) is 1. The first-order valence-corrected chi connectivity index (χ1v) is 12.3. The van der Waals surface area contributed by atoms with Crippen LogP contribution in [0.4, 0.5) is 0 Å². The summed E-state index contributed by atoms with van der Waals surface area (Å²) in [5.74, 6) is 1.91. The Bertz CT molecular complexity index is 711. The lowest BCUT2D eigenvalue weighted by Gasteiger charge is -2.43. The minimum absolute atomic E-state index is 0.320. The van der Waals surface area contributed by atoms with E-state index in [2.05, 4.69) is 35.8 Å². The largest absolute Gasteiger partial charge is 0.497 e. The van der Waals surface area contributed by atoms with Crippen molar-refractivity contribution in [3.05, 3.63) is 29.8 Å². The summed E-state index contributed by atoms with van der Waals surface area (Å²) in [5, 5.41) is 0. The van der Waals surface area contributed by atoms with Crippen molar-refractivity contribution in [2.75, 3.05) is 39.8 Å². The van der Waals surface area contributed by atoms with E-state index in [0.717, 1.165) is 77.0 Å². The van der Waals surface area contributed by atoms with Gasteiger partial charge < -0.3 is 14.4 Å². The Morgan fingerprint density at radius 3 is 2.23 bits per heavy atom. The molecule has 0 radical (unpaired) electrons. The molecule has 2 aliphatic heterocycles. The number of hydrogen-bond acceptors (Lipinski definition) is 4. The lowest BCUT2D eigenvalue weighted by atomic mass is 9.68. The van der Waals surface area contributed by atoms with Crippen LogP contribution in [0.5, 0.6) is 5.75 Å². The highest BCUT2D eigenvalue weighted by Gasteiger charge is 2.44. The third-order valence-electron chi connectivity index (χ3n) is 7.67. The minimum Gasteiger partial charge on any atom is -0.497 e. The van der Waals surface area contributed by atoms with E-state index in [1.54, 1.807) is 7.11 Å². The molecule has 4 rings (SSSR count). The highest BCUT2D eigenvalue weighted by molar-refractivity contribution is 5.88. The fraction of sp³-hybridized carbons (Fsp3) is 0.731. The van der Waals surface area contributed by atoms with Crippen LogP contribution in [0.25, 0.3) is 0 Å². The van der Waals surface area contributed by atoms with E-state index in [1.807, 2.05) is 12.1 Å². The van der Waals surface area contributed by atoms with Crippen LogP contribution in [0.3, 0.4) is 0 Å². The molecule has 2 unspecified atom stereocenters. The number of methoxy groups -OCH3 is 1. The highest BCUT2D eigenvalue weighted by Crippen LogP contribution is 2.42. The Kier molecular flexibility index (Phi) is 7.22. The van der Waals surface area contributed by atoms with Gasteiger partial charge in [-0.25, -0.2) is 0 Å². The maximum Gasteiger partial charge on any atom is 0.233 e. The van der Waals surface area contributed by atoms with Gasteiger partial charge in [-0.1, -0.05) is 31.4 Å². The summed E-state index contributed by atoms with van der Waals surface area (Å²) in [6, 6.07) is 8.26. The van der Waals surface area contributed by atoms with Gasteiger partial charge in [-0.15, -0.1) is 0 Å². The molecular formula is C26H40N2O3. The second kappa shape index (κ2) is 9.91. The van der Waals surface area contributed by atoms with Crippen LogP contribution in [0, 0.1) is 5.92 Å². The van der Waals surface area contributed by atoms with Crippen molar-refractivity contribution in [1.82, 2.24) is 9.80 Å². The first-order chi connectivity index (χ1) is 15.0. The molecule has 1 aromatic rings. The molecular weight excluding hydrogens is 388 g/mol. The predicted molar refractivity (Wildman–Crippen MR) is 124 cm³/mol. The zero-order valence-corrected chi connectivity index (χ0v) is 19.6. The first kappa shape index (κ1) is 22.6. The normalized spacial score (nSPS) is 27.8. The van der Waals surface area contributed by atoms with Gasteiger partial charge in [0.2, 0.25) is 5.91 Å². The van der Waals surface area contributed by atoms with Crippen molar-refractivity contribution in [1.29, 1.82) is 0 Å². The van der Waals surface area contributed by atoms with Gasteiger partial charge in [0.1, 0.15) is 5.75 Å². The zero-order chi connectivity index (χ0) is 21.8. The van der Waals surface area contributed by atoms with Crippen LogP contribution in [0.1, 0.15) is 64.4 Å². The van der Waals surface area contributed by atoms with Crippen molar-refractivity contribution < 1.29 is 14.3 Å².